The van der Waals surface area contributed by atoms with E-state index in [-0.39, 0.29) is 16.4 Å². The van der Waals surface area contributed by atoms with Gasteiger partial charge in [0.25, 0.3) is 15.9 Å². The number of carbonyl (C=O) groups is 1. The predicted octanol–water partition coefficient (Wildman–Crippen LogP) is 8.21. The van der Waals surface area contributed by atoms with Crippen LogP contribution in [0.5, 0.6) is 5.75 Å². The number of benzene rings is 5. The molecule has 6 rings (SSSR count). The van der Waals surface area contributed by atoms with Gasteiger partial charge in [0.05, 0.1) is 22.8 Å². The van der Waals surface area contributed by atoms with Gasteiger partial charge in [0, 0.05) is 22.9 Å². The van der Waals surface area contributed by atoms with E-state index in [2.05, 4.69) is 9.62 Å². The van der Waals surface area contributed by atoms with Gasteiger partial charge in [-0.2, -0.15) is 0 Å². The smallest absolute Gasteiger partial charge is 0.262 e. The molecule has 1 amide bonds. The lowest BCUT2D eigenvalue weighted by atomic mass is 9.99. The maximum Gasteiger partial charge on any atom is 0.262 e. The second-order valence-corrected chi connectivity index (χ2v) is 12.9. The van der Waals surface area contributed by atoms with Crippen LogP contribution in [0.1, 0.15) is 40.1 Å². The fourth-order valence-corrected chi connectivity index (χ4v) is 6.81. The summed E-state index contributed by atoms with van der Waals surface area (Å²) in [5, 5.41) is 0.552. The zero-order chi connectivity index (χ0) is 31.6. The van der Waals surface area contributed by atoms with E-state index in [4.69, 9.17) is 16.3 Å². The first-order chi connectivity index (χ1) is 21.7. The number of halogens is 1. The molecule has 0 aromatic heterocycles. The number of ether oxygens (including phenoxy) is 1. The van der Waals surface area contributed by atoms with E-state index < -0.39 is 16.2 Å². The van der Waals surface area contributed by atoms with E-state index in [0.717, 1.165) is 16.7 Å². The number of fused-ring (bicyclic) bond motifs is 1. The maximum atomic E-state index is 14.5. The van der Waals surface area contributed by atoms with Crippen molar-refractivity contribution in [3.63, 3.8) is 0 Å². The Hall–Kier alpha value is -4.79. The lowest BCUT2D eigenvalue weighted by molar-refractivity contribution is 0.0968. The first-order valence-electron chi connectivity index (χ1n) is 14.6. The highest BCUT2D eigenvalue weighted by Crippen LogP contribution is 2.43. The topological polar surface area (TPSA) is 78.9 Å². The summed E-state index contributed by atoms with van der Waals surface area (Å²) < 4.78 is 35.3. The molecule has 0 unspecified atom stereocenters. The van der Waals surface area contributed by atoms with Crippen LogP contribution < -0.4 is 19.3 Å². The van der Waals surface area contributed by atoms with Crippen molar-refractivity contribution in [3.8, 4) is 5.75 Å². The third-order valence-corrected chi connectivity index (χ3v) is 9.26. The minimum Gasteiger partial charge on any atom is -0.494 e. The minimum absolute atomic E-state index is 0.0202. The van der Waals surface area contributed by atoms with Crippen molar-refractivity contribution in [1.82, 2.24) is 0 Å². The molecule has 5 aromatic carbocycles. The highest BCUT2D eigenvalue weighted by molar-refractivity contribution is 7.92. The van der Waals surface area contributed by atoms with Crippen molar-refractivity contribution >= 4 is 44.6 Å². The summed E-state index contributed by atoms with van der Waals surface area (Å²) >= 11 is 6.48. The molecule has 0 aliphatic carbocycles. The summed E-state index contributed by atoms with van der Waals surface area (Å²) in [4.78, 5) is 18.4. The number of carbonyl (C=O) groups excluding carboxylic acids is 1. The van der Waals surface area contributed by atoms with Gasteiger partial charge in [0.2, 0.25) is 0 Å². The fraction of sp³-hybridized carbons (Fsp3) is 0.139. The monoisotopic (exact) mass is 637 g/mol. The first kappa shape index (κ1) is 30.2. The zero-order valence-corrected chi connectivity index (χ0v) is 26.4. The number of anilines is 3. The van der Waals surface area contributed by atoms with Gasteiger partial charge < -0.3 is 9.64 Å². The molecule has 0 saturated heterocycles. The third-order valence-electron chi connectivity index (χ3n) is 7.65. The largest absolute Gasteiger partial charge is 0.494 e. The van der Waals surface area contributed by atoms with Crippen LogP contribution in [0.4, 0.5) is 17.1 Å². The molecule has 1 aliphatic rings. The van der Waals surface area contributed by atoms with E-state index in [0.29, 0.717) is 41.0 Å². The molecule has 0 bridgehead atoms. The lowest BCUT2D eigenvalue weighted by Crippen LogP contribution is -2.49. The highest BCUT2D eigenvalue weighted by Gasteiger charge is 2.40. The molecular formula is C36H32ClN3O4S. The van der Waals surface area contributed by atoms with Crippen molar-refractivity contribution in [2.24, 2.45) is 0 Å². The van der Waals surface area contributed by atoms with Gasteiger partial charge in [0.15, 0.2) is 0 Å². The molecule has 0 spiro atoms. The van der Waals surface area contributed by atoms with Crippen LogP contribution in [0, 0.1) is 6.92 Å². The van der Waals surface area contributed by atoms with E-state index in [1.54, 1.807) is 41.3 Å². The molecule has 1 aliphatic heterocycles. The van der Waals surface area contributed by atoms with Crippen LogP contribution in [-0.4, -0.2) is 20.9 Å². The molecule has 0 fully saturated rings. The predicted molar refractivity (Wildman–Crippen MR) is 180 cm³/mol. The molecule has 5 aromatic rings. The van der Waals surface area contributed by atoms with Crippen LogP contribution in [-0.2, 0) is 16.6 Å². The van der Waals surface area contributed by atoms with E-state index in [1.807, 2.05) is 86.6 Å². The summed E-state index contributed by atoms with van der Waals surface area (Å²) in [6.45, 7) is 4.83. The van der Waals surface area contributed by atoms with Crippen LogP contribution in [0.25, 0.3) is 0 Å². The third kappa shape index (κ3) is 6.38. The summed E-state index contributed by atoms with van der Waals surface area (Å²) in [5.41, 5.74) is 4.87. The summed E-state index contributed by atoms with van der Waals surface area (Å²) in [6, 6.07) is 36.6. The number of amides is 1. The van der Waals surface area contributed by atoms with Crippen LogP contribution in [0.3, 0.4) is 0 Å². The quantitative estimate of drug-likeness (QED) is 0.176. The molecule has 1 heterocycles. The van der Waals surface area contributed by atoms with Gasteiger partial charge in [-0.05, 0) is 91.7 Å². The Morgan fingerprint density at radius 2 is 1.58 bits per heavy atom. The van der Waals surface area contributed by atoms with Crippen LogP contribution in [0.15, 0.2) is 126 Å². The van der Waals surface area contributed by atoms with Crippen molar-refractivity contribution in [2.45, 2.75) is 31.5 Å². The van der Waals surface area contributed by atoms with Gasteiger partial charge in [0.1, 0.15) is 11.9 Å². The maximum absolute atomic E-state index is 14.5. The number of nitrogens with zero attached hydrogens (tertiary/aromatic N) is 2. The Balaban J connectivity index is 1.48. The van der Waals surface area contributed by atoms with Crippen LogP contribution >= 0.6 is 11.6 Å². The van der Waals surface area contributed by atoms with Crippen LogP contribution in [0.2, 0.25) is 5.02 Å². The second-order valence-electron chi connectivity index (χ2n) is 10.8. The average Bonchev–Trinajstić information content (AvgIpc) is 3.04. The van der Waals surface area contributed by atoms with Gasteiger partial charge in [-0.25, -0.2) is 8.42 Å². The van der Waals surface area contributed by atoms with Crippen molar-refractivity contribution in [2.75, 3.05) is 21.1 Å². The summed E-state index contributed by atoms with van der Waals surface area (Å²) in [7, 11) is -4.03. The van der Waals surface area contributed by atoms with Gasteiger partial charge >= 0.3 is 0 Å². The van der Waals surface area contributed by atoms with Gasteiger partial charge in [-0.3, -0.25) is 14.4 Å². The molecule has 0 saturated carbocycles. The Labute approximate surface area is 268 Å². The molecule has 45 heavy (non-hydrogen) atoms. The van der Waals surface area contributed by atoms with Gasteiger partial charge in [-0.15, -0.1) is 0 Å². The first-order valence-corrected chi connectivity index (χ1v) is 16.5. The standard InChI is InChI=1S/C36H32ClN3O4S/c1-3-44-31-18-14-29(15-19-31)38-45(42,43)32-20-21-34-33(23-32)36(41)40(30-16-12-25(2)13-17-30)35(27-10-7-11-28(37)22-27)39(34)24-26-8-5-4-6-9-26/h4-23,35,38H,3,24H2,1-2H3/t35-/m0/s1. The van der Waals surface area contributed by atoms with E-state index >= 15 is 0 Å². The Morgan fingerprint density at radius 3 is 2.27 bits per heavy atom. The number of hydrogen-bond donors (Lipinski definition) is 1. The van der Waals surface area contributed by atoms with E-state index in [1.165, 1.54) is 12.1 Å². The number of hydrogen-bond acceptors (Lipinski definition) is 5. The van der Waals surface area contributed by atoms with Gasteiger partial charge in [-0.1, -0.05) is 71.8 Å². The number of sulfonamides is 1. The number of nitrogens with one attached hydrogen (secondary N) is 1. The second kappa shape index (κ2) is 12.7. The average molecular weight is 638 g/mol. The Kier molecular flexibility index (Phi) is 8.52. The Bertz CT molecular complexity index is 1930. The minimum atomic E-state index is -4.03. The van der Waals surface area contributed by atoms with Crippen molar-refractivity contribution < 1.29 is 17.9 Å². The molecule has 228 valence electrons. The molecule has 7 nitrogen and oxygen atoms in total. The fourth-order valence-electron chi connectivity index (χ4n) is 5.53. The van der Waals surface area contributed by atoms with Crippen molar-refractivity contribution in [3.05, 3.63) is 149 Å². The lowest BCUT2D eigenvalue weighted by Gasteiger charge is -2.46. The zero-order valence-electron chi connectivity index (χ0n) is 24.9. The van der Waals surface area contributed by atoms with Crippen molar-refractivity contribution in [1.29, 1.82) is 0 Å². The number of aryl methyl sites for hydroxylation is 1. The molecule has 1 atom stereocenters. The highest BCUT2D eigenvalue weighted by atomic mass is 35.5. The van der Waals surface area contributed by atoms with E-state index in [9.17, 15) is 13.2 Å². The summed E-state index contributed by atoms with van der Waals surface area (Å²) in [5.74, 6) is 0.324. The molecular weight excluding hydrogens is 606 g/mol. The number of rotatable bonds is 9. The SMILES string of the molecule is CCOc1ccc(NS(=O)(=O)c2ccc3c(c2)C(=O)N(c2ccc(C)cc2)[C@@H](c2cccc(Cl)c2)N3Cc2ccccc2)cc1. The molecule has 9 heteroatoms. The molecule has 0 radical (unpaired) electrons. The Morgan fingerprint density at radius 1 is 0.844 bits per heavy atom. The molecule has 1 N–H and O–H groups in total. The normalized spacial score (nSPS) is 14.6. The summed E-state index contributed by atoms with van der Waals surface area (Å²) in [6.07, 6.45) is -0.559.